The van der Waals surface area contributed by atoms with Crippen LogP contribution in [0.1, 0.15) is 81.1 Å². The highest BCUT2D eigenvalue weighted by molar-refractivity contribution is 6.16. The van der Waals surface area contributed by atoms with Crippen LogP contribution in [0.3, 0.4) is 0 Å². The number of aliphatic imine (C=N–C) groups is 1. The van der Waals surface area contributed by atoms with Gasteiger partial charge in [-0.25, -0.2) is 18.5 Å². The van der Waals surface area contributed by atoms with Gasteiger partial charge in [-0.2, -0.15) is 5.10 Å². The van der Waals surface area contributed by atoms with E-state index in [-0.39, 0.29) is 54.4 Å². The number of piperidine rings is 1. The largest absolute Gasteiger partial charge is 0.378 e. The van der Waals surface area contributed by atoms with E-state index < -0.39 is 5.92 Å². The number of rotatable bonds is 4. The van der Waals surface area contributed by atoms with Gasteiger partial charge in [0.15, 0.2) is 11.6 Å². The molecule has 1 amide bonds. The SMILES string of the molecule is COC1(C)CCN(C(=O)[C@H]2CC[C@@H]2C2=Nc3c(cnn3C3CCC(F)(F)CC3)C(=O)C2)CC1. The minimum Gasteiger partial charge on any atom is -0.378 e. The summed E-state index contributed by atoms with van der Waals surface area (Å²) in [6.45, 7) is 3.44. The molecule has 1 aromatic heterocycles. The lowest BCUT2D eigenvalue weighted by Gasteiger charge is -2.43. The summed E-state index contributed by atoms with van der Waals surface area (Å²) >= 11 is 0. The van der Waals surface area contributed by atoms with Gasteiger partial charge in [-0.05, 0) is 45.4 Å². The first-order chi connectivity index (χ1) is 15.7. The molecule has 7 nitrogen and oxygen atoms in total. The third-order valence-electron chi connectivity index (χ3n) is 8.34. The Morgan fingerprint density at radius 2 is 1.82 bits per heavy atom. The lowest BCUT2D eigenvalue weighted by Crippen LogP contribution is -2.51. The third-order valence-corrected chi connectivity index (χ3v) is 8.34. The number of carbonyl (C=O) groups is 2. The number of alkyl halides is 2. The van der Waals surface area contributed by atoms with Crippen LogP contribution in [0.2, 0.25) is 0 Å². The van der Waals surface area contributed by atoms with Crippen molar-refractivity contribution in [3.63, 3.8) is 0 Å². The summed E-state index contributed by atoms with van der Waals surface area (Å²) in [5, 5.41) is 4.36. The second-order valence-corrected chi connectivity index (χ2v) is 10.4. The van der Waals surface area contributed by atoms with E-state index in [1.807, 2.05) is 4.90 Å². The van der Waals surface area contributed by atoms with Crippen LogP contribution >= 0.6 is 0 Å². The van der Waals surface area contributed by atoms with Gasteiger partial charge in [-0.3, -0.25) is 9.59 Å². The molecular formula is C24H32F2N4O3. The van der Waals surface area contributed by atoms with Crippen LogP contribution in [0.15, 0.2) is 11.2 Å². The molecule has 180 valence electrons. The minimum atomic E-state index is -2.62. The Kier molecular flexibility index (Phi) is 5.66. The molecule has 2 saturated carbocycles. The monoisotopic (exact) mass is 462 g/mol. The fourth-order valence-corrected chi connectivity index (χ4v) is 5.68. The average molecular weight is 463 g/mol. The fraction of sp³-hybridized carbons (Fsp3) is 0.750. The molecule has 2 aliphatic carbocycles. The normalized spacial score (nSPS) is 29.3. The first kappa shape index (κ1) is 22.6. The number of amides is 1. The van der Waals surface area contributed by atoms with Gasteiger partial charge in [0.25, 0.3) is 0 Å². The second kappa shape index (κ2) is 8.25. The van der Waals surface area contributed by atoms with Crippen molar-refractivity contribution in [1.82, 2.24) is 14.7 Å². The number of Topliss-reactive ketones (excluding diaryl/α,β-unsaturated/α-hetero) is 1. The molecule has 0 radical (unpaired) electrons. The van der Waals surface area contributed by atoms with Crippen LogP contribution < -0.4 is 0 Å². The summed E-state index contributed by atoms with van der Waals surface area (Å²) in [7, 11) is 1.72. The van der Waals surface area contributed by atoms with E-state index >= 15 is 0 Å². The van der Waals surface area contributed by atoms with E-state index in [4.69, 9.17) is 9.73 Å². The number of ketones is 1. The molecule has 5 rings (SSSR count). The maximum Gasteiger partial charge on any atom is 0.248 e. The molecule has 2 aliphatic heterocycles. The van der Waals surface area contributed by atoms with Crippen LogP contribution in [-0.4, -0.2) is 63.8 Å². The number of nitrogens with zero attached hydrogens (tertiary/aromatic N) is 4. The predicted molar refractivity (Wildman–Crippen MR) is 118 cm³/mol. The van der Waals surface area contributed by atoms with E-state index in [0.29, 0.717) is 37.3 Å². The van der Waals surface area contributed by atoms with Gasteiger partial charge in [0.05, 0.1) is 29.8 Å². The van der Waals surface area contributed by atoms with Gasteiger partial charge in [0.1, 0.15) is 0 Å². The standard InChI is InChI=1S/C24H32F2N4O3/c1-23(33-2)9-11-29(12-10-23)22(32)17-4-3-16(17)19-13-20(31)18-14-27-30(21(18)28-19)15-5-7-24(25,26)8-6-15/h14-17H,3-13H2,1-2H3/t16-,17-/m0/s1. The van der Waals surface area contributed by atoms with E-state index in [2.05, 4.69) is 12.0 Å². The smallest absolute Gasteiger partial charge is 0.248 e. The predicted octanol–water partition coefficient (Wildman–Crippen LogP) is 4.35. The maximum atomic E-state index is 13.6. The lowest BCUT2D eigenvalue weighted by molar-refractivity contribution is -0.144. The second-order valence-electron chi connectivity index (χ2n) is 10.4. The van der Waals surface area contributed by atoms with Crippen LogP contribution in [0.25, 0.3) is 0 Å². The Hall–Kier alpha value is -2.16. The van der Waals surface area contributed by atoms with Crippen molar-refractivity contribution in [2.75, 3.05) is 20.2 Å². The Labute approximate surface area is 192 Å². The molecular weight excluding hydrogens is 430 g/mol. The van der Waals surface area contributed by atoms with Crippen molar-refractivity contribution in [1.29, 1.82) is 0 Å². The summed E-state index contributed by atoms with van der Waals surface area (Å²) in [5.41, 5.74) is 1.04. The number of methoxy groups -OCH3 is 1. The summed E-state index contributed by atoms with van der Waals surface area (Å²) in [6, 6.07) is -0.175. The Balaban J connectivity index is 1.32. The number of fused-ring (bicyclic) bond motifs is 1. The van der Waals surface area contributed by atoms with Gasteiger partial charge < -0.3 is 9.64 Å². The minimum absolute atomic E-state index is 0.0376. The first-order valence-corrected chi connectivity index (χ1v) is 12.1. The topological polar surface area (TPSA) is 76.8 Å². The number of halogens is 2. The molecule has 3 heterocycles. The molecule has 0 unspecified atom stereocenters. The number of likely N-dealkylation sites (tertiary alicyclic amines) is 1. The van der Waals surface area contributed by atoms with Crippen LogP contribution in [0.4, 0.5) is 14.6 Å². The maximum absolute atomic E-state index is 13.6. The van der Waals surface area contributed by atoms with E-state index in [1.165, 1.54) is 6.20 Å². The van der Waals surface area contributed by atoms with Gasteiger partial charge in [0.2, 0.25) is 11.8 Å². The zero-order valence-corrected chi connectivity index (χ0v) is 19.4. The molecule has 0 aromatic carbocycles. The average Bonchev–Trinajstić information content (AvgIpc) is 3.18. The van der Waals surface area contributed by atoms with Crippen molar-refractivity contribution in [3.05, 3.63) is 11.8 Å². The van der Waals surface area contributed by atoms with Crippen molar-refractivity contribution < 1.29 is 23.1 Å². The van der Waals surface area contributed by atoms with Crippen LogP contribution in [-0.2, 0) is 9.53 Å². The Morgan fingerprint density at radius 1 is 1.12 bits per heavy atom. The highest BCUT2D eigenvalue weighted by Gasteiger charge is 2.45. The van der Waals surface area contributed by atoms with Crippen molar-refractivity contribution in [2.24, 2.45) is 16.8 Å². The van der Waals surface area contributed by atoms with Crippen molar-refractivity contribution in [2.45, 2.75) is 82.3 Å². The van der Waals surface area contributed by atoms with Crippen molar-refractivity contribution in [3.8, 4) is 0 Å². The molecule has 1 aromatic rings. The van der Waals surface area contributed by atoms with E-state index in [0.717, 1.165) is 31.4 Å². The van der Waals surface area contributed by atoms with Gasteiger partial charge in [0, 0.05) is 50.6 Å². The zero-order valence-electron chi connectivity index (χ0n) is 19.4. The van der Waals surface area contributed by atoms with Gasteiger partial charge in [-0.15, -0.1) is 0 Å². The molecule has 0 bridgehead atoms. The zero-order chi connectivity index (χ0) is 23.4. The first-order valence-electron chi connectivity index (χ1n) is 12.1. The molecule has 3 fully saturated rings. The molecule has 1 saturated heterocycles. The molecule has 2 atom stereocenters. The lowest BCUT2D eigenvalue weighted by atomic mass is 9.68. The van der Waals surface area contributed by atoms with Crippen molar-refractivity contribution >= 4 is 23.2 Å². The van der Waals surface area contributed by atoms with Gasteiger partial charge in [-0.1, -0.05) is 0 Å². The van der Waals surface area contributed by atoms with Crippen LogP contribution in [0.5, 0.6) is 0 Å². The fourth-order valence-electron chi connectivity index (χ4n) is 5.68. The van der Waals surface area contributed by atoms with Crippen LogP contribution in [0, 0.1) is 11.8 Å². The van der Waals surface area contributed by atoms with Gasteiger partial charge >= 0.3 is 0 Å². The number of aromatic nitrogens is 2. The summed E-state index contributed by atoms with van der Waals surface area (Å²) in [4.78, 5) is 32.9. The molecule has 0 spiro atoms. The highest BCUT2D eigenvalue weighted by atomic mass is 19.3. The Morgan fingerprint density at radius 3 is 2.42 bits per heavy atom. The molecule has 9 heteroatoms. The number of ether oxygens (including phenoxy) is 1. The summed E-state index contributed by atoms with van der Waals surface area (Å²) in [5.74, 6) is -2.21. The number of hydrogen-bond acceptors (Lipinski definition) is 5. The van der Waals surface area contributed by atoms with E-state index in [9.17, 15) is 18.4 Å². The summed E-state index contributed by atoms with van der Waals surface area (Å²) < 4.78 is 34.5. The quantitative estimate of drug-likeness (QED) is 0.667. The van der Waals surface area contributed by atoms with E-state index in [1.54, 1.807) is 11.8 Å². The summed E-state index contributed by atoms with van der Waals surface area (Å²) in [6.07, 6.45) is 5.29. The third kappa shape index (κ3) is 4.13. The number of carbonyl (C=O) groups excluding carboxylic acids is 2. The molecule has 0 N–H and O–H groups in total. The molecule has 33 heavy (non-hydrogen) atoms. The molecule has 4 aliphatic rings. The number of hydrogen-bond donors (Lipinski definition) is 0. The Bertz CT molecular complexity index is 970. The highest BCUT2D eigenvalue weighted by Crippen LogP contribution is 2.44.